The molecule has 1 fully saturated rings. The van der Waals surface area contributed by atoms with Crippen molar-refractivity contribution in [2.45, 2.75) is 19.1 Å². The van der Waals surface area contributed by atoms with Gasteiger partial charge in [0.2, 0.25) is 0 Å². The number of nitrogens with zero attached hydrogens (tertiary/aromatic N) is 2. The van der Waals surface area contributed by atoms with Gasteiger partial charge in [-0.05, 0) is 24.6 Å². The van der Waals surface area contributed by atoms with Crippen molar-refractivity contribution in [3.8, 4) is 11.5 Å². The molecule has 4 rings (SSSR count). The first-order valence-corrected chi connectivity index (χ1v) is 9.13. The number of nitrogens with one attached hydrogen (secondary N) is 1. The van der Waals surface area contributed by atoms with Gasteiger partial charge in [0.1, 0.15) is 12.1 Å². The molecule has 28 heavy (non-hydrogen) atoms. The summed E-state index contributed by atoms with van der Waals surface area (Å²) >= 11 is 11.7. The minimum absolute atomic E-state index is 0.0200. The molecule has 9 heteroatoms. The summed E-state index contributed by atoms with van der Waals surface area (Å²) in [6, 6.07) is 5.82. The van der Waals surface area contributed by atoms with Gasteiger partial charge >= 0.3 is 0 Å². The Kier molecular flexibility index (Phi) is 4.42. The number of fused-ring (bicyclic) bond motifs is 1. The Balaban J connectivity index is 1.77. The third-order valence-electron chi connectivity index (χ3n) is 4.25. The predicted molar refractivity (Wildman–Crippen MR) is 105 cm³/mol. The second-order valence-corrected chi connectivity index (χ2v) is 6.83. The molecule has 2 heterocycles. The lowest BCUT2D eigenvalue weighted by Crippen LogP contribution is -2.14. The third kappa shape index (κ3) is 3.65. The van der Waals surface area contributed by atoms with Crippen molar-refractivity contribution in [1.82, 2.24) is 9.97 Å². The number of ether oxygens (including phenoxy) is 3. The van der Waals surface area contributed by atoms with E-state index in [1.165, 1.54) is 30.6 Å². The van der Waals surface area contributed by atoms with Gasteiger partial charge in [0.05, 0.1) is 39.0 Å². The van der Waals surface area contributed by atoms with E-state index < -0.39 is 19.1 Å². The maximum Gasteiger partial charge on any atom is 0.200 e. The van der Waals surface area contributed by atoms with Crippen molar-refractivity contribution in [1.29, 1.82) is 0 Å². The summed E-state index contributed by atoms with van der Waals surface area (Å²) in [5.74, 6) is -0.365. The van der Waals surface area contributed by atoms with Crippen molar-refractivity contribution >= 4 is 45.6 Å². The number of hydrogen-bond acceptors (Lipinski definition) is 6. The van der Waals surface area contributed by atoms with Gasteiger partial charge in [-0.3, -0.25) is 0 Å². The highest BCUT2D eigenvalue weighted by Crippen LogP contribution is 2.37. The molecular weight excluding hydrogens is 408 g/mol. The van der Waals surface area contributed by atoms with Gasteiger partial charge in [-0.2, -0.15) is 0 Å². The molecule has 1 aromatic heterocycles. The minimum Gasteiger partial charge on any atom is -0.493 e. The molecule has 1 aliphatic heterocycles. The predicted octanol–water partition coefficient (Wildman–Crippen LogP) is 5.34. The SMILES string of the molecule is [2H]C([2H])([2H])Oc1cc2ncnc(Nc3ccc(Cl)c(Cl)c3F)c2cc1OC1CCCO1. The van der Waals surface area contributed by atoms with Crippen LogP contribution in [0.2, 0.25) is 10.0 Å². The molecule has 2 aromatic carbocycles. The number of methoxy groups -OCH3 is 1. The molecule has 0 saturated carbocycles. The van der Waals surface area contributed by atoms with Crippen LogP contribution in [-0.2, 0) is 4.74 Å². The first-order chi connectivity index (χ1) is 14.7. The van der Waals surface area contributed by atoms with Crippen LogP contribution in [0, 0.1) is 5.82 Å². The van der Waals surface area contributed by atoms with E-state index in [4.69, 9.17) is 41.5 Å². The maximum atomic E-state index is 14.5. The topological polar surface area (TPSA) is 65.5 Å². The Labute approximate surface area is 174 Å². The van der Waals surface area contributed by atoms with Crippen LogP contribution in [0.4, 0.5) is 15.9 Å². The lowest BCUT2D eigenvalue weighted by Gasteiger charge is -2.17. The van der Waals surface area contributed by atoms with E-state index in [1.807, 2.05) is 0 Å². The molecule has 1 unspecified atom stereocenters. The highest BCUT2D eigenvalue weighted by molar-refractivity contribution is 6.42. The van der Waals surface area contributed by atoms with E-state index in [-0.39, 0.29) is 33.0 Å². The summed E-state index contributed by atoms with van der Waals surface area (Å²) in [6.45, 7) is 0.542. The Morgan fingerprint density at radius 2 is 2.18 bits per heavy atom. The lowest BCUT2D eigenvalue weighted by atomic mass is 10.2. The Bertz CT molecular complexity index is 1130. The smallest absolute Gasteiger partial charge is 0.200 e. The van der Waals surface area contributed by atoms with Gasteiger partial charge < -0.3 is 19.5 Å². The number of halogens is 3. The summed E-state index contributed by atoms with van der Waals surface area (Å²) in [6.07, 6.45) is 2.18. The molecule has 1 N–H and O–H groups in total. The summed E-state index contributed by atoms with van der Waals surface area (Å²) in [7, 11) is -2.69. The standard InChI is InChI=1S/C19H16Cl2FN3O3/c1-26-14-8-13-10(7-15(14)28-16-3-2-6-27-16)19(24-9-23-13)25-12-5-4-11(20)17(21)18(12)22/h4-5,7-9,16H,2-3,6H2,1H3,(H,23,24,25)/i1D3. The highest BCUT2D eigenvalue weighted by atomic mass is 35.5. The zero-order valence-corrected chi connectivity index (χ0v) is 15.9. The average molecular weight is 427 g/mol. The number of aromatic nitrogens is 2. The summed E-state index contributed by atoms with van der Waals surface area (Å²) in [5, 5.41) is 3.17. The van der Waals surface area contributed by atoms with Gasteiger partial charge in [0.25, 0.3) is 0 Å². The molecule has 0 amide bonds. The molecule has 146 valence electrons. The molecule has 3 aromatic rings. The van der Waals surface area contributed by atoms with Gasteiger partial charge in [-0.1, -0.05) is 23.2 Å². The van der Waals surface area contributed by atoms with Crippen LogP contribution in [0.5, 0.6) is 11.5 Å². The third-order valence-corrected chi connectivity index (χ3v) is 5.03. The van der Waals surface area contributed by atoms with E-state index in [1.54, 1.807) is 0 Å². The first-order valence-electron chi connectivity index (χ1n) is 9.88. The zero-order valence-electron chi connectivity index (χ0n) is 17.3. The largest absolute Gasteiger partial charge is 0.493 e. The fourth-order valence-corrected chi connectivity index (χ4v) is 3.18. The average Bonchev–Trinajstić information content (AvgIpc) is 3.21. The van der Waals surface area contributed by atoms with Crippen molar-refractivity contribution in [3.63, 3.8) is 0 Å². The highest BCUT2D eigenvalue weighted by Gasteiger charge is 2.21. The second-order valence-electron chi connectivity index (χ2n) is 6.05. The van der Waals surface area contributed by atoms with E-state index >= 15 is 0 Å². The minimum atomic E-state index is -2.69. The maximum absolute atomic E-state index is 14.5. The van der Waals surface area contributed by atoms with Crippen LogP contribution in [0.3, 0.4) is 0 Å². The number of hydrogen-bond donors (Lipinski definition) is 1. The molecular formula is C19H16Cl2FN3O3. The summed E-state index contributed by atoms with van der Waals surface area (Å²) < 4.78 is 53.2. The van der Waals surface area contributed by atoms with Crippen LogP contribution in [-0.4, -0.2) is 29.9 Å². The molecule has 1 saturated heterocycles. The van der Waals surface area contributed by atoms with Crippen molar-refractivity contribution in [2.24, 2.45) is 0 Å². The number of rotatable bonds is 5. The lowest BCUT2D eigenvalue weighted by molar-refractivity contribution is -0.0401. The number of benzene rings is 2. The van der Waals surface area contributed by atoms with Crippen molar-refractivity contribution in [2.75, 3.05) is 19.0 Å². The Hall–Kier alpha value is -2.35. The van der Waals surface area contributed by atoms with Crippen molar-refractivity contribution < 1.29 is 22.7 Å². The Morgan fingerprint density at radius 3 is 2.96 bits per heavy atom. The fourth-order valence-electron chi connectivity index (χ4n) is 2.87. The van der Waals surface area contributed by atoms with Crippen LogP contribution >= 0.6 is 23.2 Å². The van der Waals surface area contributed by atoms with Gasteiger partial charge in [-0.25, -0.2) is 14.4 Å². The van der Waals surface area contributed by atoms with Crippen LogP contribution in [0.15, 0.2) is 30.6 Å². The number of anilines is 2. The van der Waals surface area contributed by atoms with Crippen LogP contribution in [0.1, 0.15) is 17.0 Å². The summed E-state index contributed by atoms with van der Waals surface area (Å²) in [5.41, 5.74) is 0.413. The quantitative estimate of drug-likeness (QED) is 0.555. The molecule has 0 aliphatic carbocycles. The Morgan fingerprint density at radius 1 is 1.29 bits per heavy atom. The molecule has 0 bridgehead atoms. The monoisotopic (exact) mass is 426 g/mol. The van der Waals surface area contributed by atoms with Gasteiger partial charge in [-0.15, -0.1) is 0 Å². The van der Waals surface area contributed by atoms with E-state index in [2.05, 4.69) is 15.3 Å². The molecule has 0 radical (unpaired) electrons. The van der Waals surface area contributed by atoms with E-state index in [9.17, 15) is 4.39 Å². The van der Waals surface area contributed by atoms with Crippen molar-refractivity contribution in [3.05, 3.63) is 46.5 Å². The molecule has 1 atom stereocenters. The van der Waals surface area contributed by atoms with E-state index in [0.29, 0.717) is 23.9 Å². The van der Waals surface area contributed by atoms with Crippen LogP contribution < -0.4 is 14.8 Å². The normalized spacial score (nSPS) is 18.4. The molecule has 0 spiro atoms. The summed E-state index contributed by atoms with van der Waals surface area (Å²) in [4.78, 5) is 8.33. The van der Waals surface area contributed by atoms with Crippen LogP contribution in [0.25, 0.3) is 10.9 Å². The van der Waals surface area contributed by atoms with E-state index in [0.717, 1.165) is 6.42 Å². The second kappa shape index (κ2) is 7.95. The molecule has 6 nitrogen and oxygen atoms in total. The fraction of sp³-hybridized carbons (Fsp3) is 0.263. The van der Waals surface area contributed by atoms with Gasteiger partial charge in [0, 0.05) is 17.9 Å². The zero-order chi connectivity index (χ0) is 22.2. The first kappa shape index (κ1) is 15.6. The van der Waals surface area contributed by atoms with Gasteiger partial charge in [0.15, 0.2) is 23.6 Å². The molecule has 1 aliphatic rings.